The van der Waals surface area contributed by atoms with Crippen molar-refractivity contribution < 1.29 is 19.5 Å². The Morgan fingerprint density at radius 3 is 2.78 bits per heavy atom. The summed E-state index contributed by atoms with van der Waals surface area (Å²) in [6.07, 6.45) is 1.57. The molecule has 0 radical (unpaired) electrons. The zero-order chi connectivity index (χ0) is 19.7. The topological polar surface area (TPSA) is 144 Å². The van der Waals surface area contributed by atoms with Crippen LogP contribution in [0.25, 0.3) is 0 Å². The molecule has 27 heavy (non-hydrogen) atoms. The van der Waals surface area contributed by atoms with Crippen LogP contribution < -0.4 is 5.73 Å². The number of hydrogen-bond acceptors (Lipinski definition) is 8. The lowest BCUT2D eigenvalue weighted by atomic mass is 9.73. The van der Waals surface area contributed by atoms with Crippen molar-refractivity contribution >= 4 is 29.4 Å². The minimum Gasteiger partial charge on any atom is -0.477 e. The molecule has 0 bridgehead atoms. The van der Waals surface area contributed by atoms with Gasteiger partial charge in [-0.3, -0.25) is 9.59 Å². The summed E-state index contributed by atoms with van der Waals surface area (Å²) in [6.45, 7) is 4.27. The highest BCUT2D eigenvalue weighted by Gasteiger charge is 2.59. The summed E-state index contributed by atoms with van der Waals surface area (Å²) >= 11 is 1.40. The Bertz CT molecular complexity index is 780. The van der Waals surface area contributed by atoms with Crippen LogP contribution in [0, 0.1) is 17.8 Å². The number of ketones is 1. The maximum Gasteiger partial charge on any atom is 0.353 e. The number of amides is 1. The van der Waals surface area contributed by atoms with Gasteiger partial charge in [-0.1, -0.05) is 13.8 Å². The molecule has 10 nitrogen and oxygen atoms in total. The molecule has 3 rings (SSSR count). The van der Waals surface area contributed by atoms with Crippen LogP contribution >= 0.6 is 11.8 Å². The lowest BCUT2D eigenvalue weighted by molar-refractivity contribution is -0.160. The van der Waals surface area contributed by atoms with Crippen molar-refractivity contribution in [2.24, 2.45) is 23.5 Å². The van der Waals surface area contributed by atoms with E-state index in [4.69, 9.17) is 5.73 Å². The summed E-state index contributed by atoms with van der Waals surface area (Å²) in [5.41, 5.74) is 5.62. The monoisotopic (exact) mass is 394 g/mol. The van der Waals surface area contributed by atoms with Crippen LogP contribution in [-0.2, 0) is 20.9 Å². The van der Waals surface area contributed by atoms with Gasteiger partial charge in [0.25, 0.3) is 0 Å². The number of carboxylic acid groups (broad SMARTS) is 1. The molecular weight excluding hydrogens is 372 g/mol. The first kappa shape index (κ1) is 19.5. The molecule has 1 aromatic rings. The number of hydrogen-bond donors (Lipinski definition) is 2. The fourth-order valence-electron chi connectivity index (χ4n) is 3.96. The summed E-state index contributed by atoms with van der Waals surface area (Å²) in [6, 6.07) is -0.222. The third-order valence-electron chi connectivity index (χ3n) is 5.06. The molecule has 0 aromatic carbocycles. The molecule has 1 fully saturated rings. The Labute approximate surface area is 160 Å². The van der Waals surface area contributed by atoms with E-state index < -0.39 is 5.97 Å². The second-order valence-corrected chi connectivity index (χ2v) is 8.03. The smallest absolute Gasteiger partial charge is 0.353 e. The number of aromatic nitrogens is 4. The fraction of sp³-hybridized carbons (Fsp3) is 0.625. The Morgan fingerprint density at radius 1 is 1.44 bits per heavy atom. The minimum absolute atomic E-state index is 0.0540. The number of carbonyl (C=O) groups is 3. The quantitative estimate of drug-likeness (QED) is 0.541. The maximum atomic E-state index is 12.7. The van der Waals surface area contributed by atoms with Gasteiger partial charge in [0.15, 0.2) is 5.78 Å². The Hall–Kier alpha value is -2.27. The molecule has 3 N–H and O–H groups in total. The summed E-state index contributed by atoms with van der Waals surface area (Å²) < 4.78 is 1.34. The standard InChI is InChI=1S/C16H22N6O4S/c1-8(5-10(23)6-21-7-18-19-20-21)11-12-9(2)14(27-4-3-17)13(16(25)26)22(12)15(11)24/h7-9,11-12H,3-6,17H2,1-2H3,(H,25,26)/t8-,9+,11+,12+/m0/s1. The lowest BCUT2D eigenvalue weighted by Gasteiger charge is -2.47. The minimum atomic E-state index is -1.10. The van der Waals surface area contributed by atoms with E-state index in [1.165, 1.54) is 27.7 Å². The molecule has 4 atom stereocenters. The lowest BCUT2D eigenvalue weighted by Crippen LogP contribution is -2.62. The van der Waals surface area contributed by atoms with E-state index in [1.807, 2.05) is 13.8 Å². The van der Waals surface area contributed by atoms with Crippen molar-refractivity contribution in [3.8, 4) is 0 Å². The number of carbonyl (C=O) groups excluding carboxylic acids is 2. The molecule has 146 valence electrons. The van der Waals surface area contributed by atoms with Crippen molar-refractivity contribution in [1.29, 1.82) is 0 Å². The highest BCUT2D eigenvalue weighted by Crippen LogP contribution is 2.51. The zero-order valence-electron chi connectivity index (χ0n) is 15.1. The van der Waals surface area contributed by atoms with Gasteiger partial charge < -0.3 is 15.7 Å². The number of fused-ring (bicyclic) bond motifs is 1. The van der Waals surface area contributed by atoms with Gasteiger partial charge in [0.1, 0.15) is 18.6 Å². The highest BCUT2D eigenvalue weighted by atomic mass is 32.2. The van der Waals surface area contributed by atoms with Crippen LogP contribution in [0.1, 0.15) is 20.3 Å². The molecule has 2 aliphatic heterocycles. The van der Waals surface area contributed by atoms with Gasteiger partial charge >= 0.3 is 5.97 Å². The first-order chi connectivity index (χ1) is 12.9. The number of tetrazole rings is 1. The van der Waals surface area contributed by atoms with Gasteiger partial charge in [0.05, 0.1) is 12.0 Å². The number of Topliss-reactive ketones (excluding diaryl/α,β-unsaturated/α-hetero) is 1. The predicted molar refractivity (Wildman–Crippen MR) is 96.1 cm³/mol. The number of β-lactam (4-membered cyclic amide) rings is 1. The molecule has 3 heterocycles. The Kier molecular flexibility index (Phi) is 5.61. The molecule has 1 saturated heterocycles. The van der Waals surface area contributed by atoms with Crippen LogP contribution in [0.15, 0.2) is 16.9 Å². The molecule has 0 saturated carbocycles. The van der Waals surface area contributed by atoms with Crippen LogP contribution in [0.4, 0.5) is 0 Å². The molecule has 0 aliphatic carbocycles. The normalized spacial score (nSPS) is 25.4. The first-order valence-electron chi connectivity index (χ1n) is 8.72. The largest absolute Gasteiger partial charge is 0.477 e. The van der Waals surface area contributed by atoms with E-state index in [-0.39, 0.29) is 54.1 Å². The molecule has 1 aromatic heterocycles. The molecular formula is C16H22N6O4S. The van der Waals surface area contributed by atoms with Crippen LogP contribution in [-0.4, -0.2) is 66.2 Å². The Morgan fingerprint density at radius 2 is 2.19 bits per heavy atom. The van der Waals surface area contributed by atoms with E-state index >= 15 is 0 Å². The van der Waals surface area contributed by atoms with Crippen molar-refractivity contribution in [2.45, 2.75) is 32.9 Å². The van der Waals surface area contributed by atoms with Crippen LogP contribution in [0.3, 0.4) is 0 Å². The molecule has 0 unspecified atom stereocenters. The van der Waals surface area contributed by atoms with Gasteiger partial charge in [0, 0.05) is 29.5 Å². The molecule has 1 amide bonds. The van der Waals surface area contributed by atoms with Gasteiger partial charge in [-0.2, -0.15) is 0 Å². The number of nitrogens with zero attached hydrogens (tertiary/aromatic N) is 5. The average Bonchev–Trinajstić information content (AvgIpc) is 3.18. The zero-order valence-corrected chi connectivity index (χ0v) is 15.9. The van der Waals surface area contributed by atoms with Gasteiger partial charge in [-0.15, -0.1) is 16.9 Å². The van der Waals surface area contributed by atoms with Gasteiger partial charge in [0.2, 0.25) is 5.91 Å². The summed E-state index contributed by atoms with van der Waals surface area (Å²) in [4.78, 5) is 38.8. The number of thioether (sulfide) groups is 1. The van der Waals surface area contributed by atoms with Crippen molar-refractivity contribution in [3.63, 3.8) is 0 Å². The first-order valence-corrected chi connectivity index (χ1v) is 9.71. The fourth-order valence-corrected chi connectivity index (χ4v) is 5.02. The second kappa shape index (κ2) is 7.77. The number of aliphatic carboxylic acids is 1. The number of carboxylic acids is 1. The summed E-state index contributed by atoms with van der Waals surface area (Å²) in [5.74, 6) is -1.46. The van der Waals surface area contributed by atoms with E-state index in [0.717, 1.165) is 0 Å². The van der Waals surface area contributed by atoms with E-state index in [1.54, 1.807) is 0 Å². The van der Waals surface area contributed by atoms with Gasteiger partial charge in [-0.25, -0.2) is 9.48 Å². The predicted octanol–water partition coefficient (Wildman–Crippen LogP) is -0.267. The van der Waals surface area contributed by atoms with Crippen LogP contribution in [0.5, 0.6) is 0 Å². The van der Waals surface area contributed by atoms with E-state index in [0.29, 0.717) is 17.2 Å². The molecule has 11 heteroatoms. The average molecular weight is 394 g/mol. The summed E-state index contributed by atoms with van der Waals surface area (Å²) in [5, 5.41) is 20.2. The van der Waals surface area contributed by atoms with Crippen molar-refractivity contribution in [3.05, 3.63) is 16.9 Å². The second-order valence-electron chi connectivity index (χ2n) is 6.90. The van der Waals surface area contributed by atoms with Crippen molar-refractivity contribution in [2.75, 3.05) is 12.3 Å². The molecule has 2 aliphatic rings. The third kappa shape index (κ3) is 3.48. The van der Waals surface area contributed by atoms with Crippen LogP contribution in [0.2, 0.25) is 0 Å². The summed E-state index contributed by atoms with van der Waals surface area (Å²) in [7, 11) is 0. The highest BCUT2D eigenvalue weighted by molar-refractivity contribution is 8.03. The number of nitrogens with two attached hydrogens (primary N) is 1. The third-order valence-corrected chi connectivity index (χ3v) is 6.38. The maximum absolute atomic E-state index is 12.7. The molecule has 0 spiro atoms. The van der Waals surface area contributed by atoms with E-state index in [9.17, 15) is 19.5 Å². The SMILES string of the molecule is C[C@@H](CC(=O)Cn1cnnn1)[C@H]1C(=O)N2C(C(=O)O)=C(SCCN)[C@H](C)[C@H]12. The van der Waals surface area contributed by atoms with Crippen molar-refractivity contribution in [1.82, 2.24) is 25.1 Å². The van der Waals surface area contributed by atoms with Gasteiger partial charge in [-0.05, 0) is 16.3 Å². The van der Waals surface area contributed by atoms with E-state index in [2.05, 4.69) is 15.5 Å². The number of rotatable bonds is 9. The Balaban J connectivity index is 1.70.